The van der Waals surface area contributed by atoms with E-state index in [4.69, 9.17) is 14.2 Å². The zero-order chi connectivity index (χ0) is 23.3. The molecule has 2 amide bonds. The first kappa shape index (κ1) is 23.3. The summed E-state index contributed by atoms with van der Waals surface area (Å²) < 4.78 is 29.2. The Labute approximate surface area is 189 Å². The highest BCUT2D eigenvalue weighted by Gasteiger charge is 2.36. The summed E-state index contributed by atoms with van der Waals surface area (Å²) in [7, 11) is 1.48. The van der Waals surface area contributed by atoms with Crippen molar-refractivity contribution in [3.05, 3.63) is 64.3 Å². The first-order valence-electron chi connectivity index (χ1n) is 9.77. The molecule has 1 aliphatic rings. The number of halogens is 1. The van der Waals surface area contributed by atoms with Gasteiger partial charge in [-0.2, -0.15) is 0 Å². The highest BCUT2D eigenvalue weighted by atomic mass is 32.2. The minimum Gasteiger partial charge on any atom is -0.493 e. The number of rotatable bonds is 8. The number of methoxy groups -OCH3 is 1. The fourth-order valence-electron chi connectivity index (χ4n) is 2.85. The molecule has 32 heavy (non-hydrogen) atoms. The number of amides is 2. The molecule has 0 aliphatic carbocycles. The monoisotopic (exact) mass is 459 g/mol. The standard InChI is InChI=1S/C23H22FNO6S/c1-14(2)31-21(26)12-25-22(27)20(32-23(25)28)11-16-6-9-18(19(10-16)29-3)30-13-15-4-7-17(24)8-5-15/h4-11,14H,12-13H2,1-3H3/b20-11+. The summed E-state index contributed by atoms with van der Waals surface area (Å²) in [6.07, 6.45) is 1.21. The van der Waals surface area contributed by atoms with E-state index in [1.165, 1.54) is 19.2 Å². The van der Waals surface area contributed by atoms with Crippen LogP contribution in [0.5, 0.6) is 11.5 Å². The second-order valence-corrected chi connectivity index (χ2v) is 8.13. The van der Waals surface area contributed by atoms with E-state index in [9.17, 15) is 18.8 Å². The Kier molecular flexibility index (Phi) is 7.53. The van der Waals surface area contributed by atoms with E-state index in [0.29, 0.717) is 17.1 Å². The van der Waals surface area contributed by atoms with Gasteiger partial charge in [0.15, 0.2) is 11.5 Å². The topological polar surface area (TPSA) is 82.1 Å². The molecule has 0 bridgehead atoms. The maximum atomic E-state index is 13.0. The molecule has 2 aromatic carbocycles. The Bertz CT molecular complexity index is 1050. The van der Waals surface area contributed by atoms with E-state index < -0.39 is 23.7 Å². The molecule has 7 nitrogen and oxygen atoms in total. The molecule has 3 rings (SSSR count). The van der Waals surface area contributed by atoms with E-state index in [1.807, 2.05) is 0 Å². The molecule has 1 saturated heterocycles. The minimum absolute atomic E-state index is 0.189. The third kappa shape index (κ3) is 5.88. The number of carbonyl (C=O) groups is 3. The quantitative estimate of drug-likeness (QED) is 0.427. The maximum absolute atomic E-state index is 13.0. The minimum atomic E-state index is -0.645. The van der Waals surface area contributed by atoms with Crippen molar-refractivity contribution in [2.24, 2.45) is 0 Å². The van der Waals surface area contributed by atoms with Gasteiger partial charge in [-0.05, 0) is 67.1 Å². The summed E-state index contributed by atoms with van der Waals surface area (Å²) in [6.45, 7) is 3.17. The Balaban J connectivity index is 1.71. The van der Waals surface area contributed by atoms with Crippen LogP contribution < -0.4 is 9.47 Å². The Morgan fingerprint density at radius 2 is 1.84 bits per heavy atom. The van der Waals surface area contributed by atoms with Crippen LogP contribution in [-0.2, 0) is 20.9 Å². The molecule has 168 valence electrons. The molecular weight excluding hydrogens is 437 g/mol. The number of ether oxygens (including phenoxy) is 3. The molecule has 0 saturated carbocycles. The first-order valence-corrected chi connectivity index (χ1v) is 10.6. The molecule has 0 N–H and O–H groups in total. The molecule has 0 unspecified atom stereocenters. The number of carbonyl (C=O) groups excluding carboxylic acids is 3. The van der Waals surface area contributed by atoms with Gasteiger partial charge in [0.2, 0.25) is 0 Å². The van der Waals surface area contributed by atoms with Gasteiger partial charge in [-0.1, -0.05) is 18.2 Å². The summed E-state index contributed by atoms with van der Waals surface area (Å²) in [5.41, 5.74) is 1.41. The average Bonchev–Trinajstić information content (AvgIpc) is 3.00. The van der Waals surface area contributed by atoms with Crippen molar-refractivity contribution in [3.63, 3.8) is 0 Å². The lowest BCUT2D eigenvalue weighted by Gasteiger charge is -2.13. The van der Waals surface area contributed by atoms with Gasteiger partial charge >= 0.3 is 5.97 Å². The predicted octanol–water partition coefficient (Wildman–Crippen LogP) is 4.40. The van der Waals surface area contributed by atoms with E-state index in [2.05, 4.69) is 0 Å². The predicted molar refractivity (Wildman–Crippen MR) is 118 cm³/mol. The number of benzene rings is 2. The molecular formula is C23H22FNO6S. The summed E-state index contributed by atoms with van der Waals surface area (Å²) in [4.78, 5) is 37.6. The molecule has 0 aromatic heterocycles. The fourth-order valence-corrected chi connectivity index (χ4v) is 3.69. The number of hydrogen-bond donors (Lipinski definition) is 0. The van der Waals surface area contributed by atoms with Crippen LogP contribution in [-0.4, -0.2) is 41.8 Å². The number of esters is 1. The number of imide groups is 1. The lowest BCUT2D eigenvalue weighted by Crippen LogP contribution is -2.35. The van der Waals surface area contributed by atoms with Crippen molar-refractivity contribution in [1.82, 2.24) is 4.90 Å². The van der Waals surface area contributed by atoms with E-state index >= 15 is 0 Å². The zero-order valence-corrected chi connectivity index (χ0v) is 18.6. The van der Waals surface area contributed by atoms with Crippen LogP contribution in [0.3, 0.4) is 0 Å². The summed E-state index contributed by atoms with van der Waals surface area (Å²) in [5, 5.41) is -0.534. The van der Waals surface area contributed by atoms with Gasteiger partial charge in [0.05, 0.1) is 18.1 Å². The zero-order valence-electron chi connectivity index (χ0n) is 17.8. The molecule has 1 aliphatic heterocycles. The molecule has 0 radical (unpaired) electrons. The summed E-state index contributed by atoms with van der Waals surface area (Å²) in [5.74, 6) is -0.625. The van der Waals surface area contributed by atoms with Gasteiger partial charge in [-0.25, -0.2) is 4.39 Å². The number of hydrogen-bond acceptors (Lipinski definition) is 7. The van der Waals surface area contributed by atoms with Gasteiger partial charge < -0.3 is 14.2 Å². The van der Waals surface area contributed by atoms with Crippen molar-refractivity contribution >= 4 is 35.0 Å². The second kappa shape index (κ2) is 10.3. The molecule has 0 atom stereocenters. The highest BCUT2D eigenvalue weighted by molar-refractivity contribution is 8.18. The van der Waals surface area contributed by atoms with Crippen LogP contribution in [0.25, 0.3) is 6.08 Å². The van der Waals surface area contributed by atoms with Crippen LogP contribution in [0.15, 0.2) is 47.4 Å². The number of thioether (sulfide) groups is 1. The Morgan fingerprint density at radius 3 is 2.50 bits per heavy atom. The van der Waals surface area contributed by atoms with Gasteiger partial charge in [0, 0.05) is 0 Å². The summed E-state index contributed by atoms with van der Waals surface area (Å²) >= 11 is 0.752. The SMILES string of the molecule is COc1cc(/C=C2/SC(=O)N(CC(=O)OC(C)C)C2=O)ccc1OCc1ccc(F)cc1. The second-order valence-electron chi connectivity index (χ2n) is 7.13. The van der Waals surface area contributed by atoms with Gasteiger partial charge in [-0.15, -0.1) is 0 Å². The number of nitrogens with zero attached hydrogens (tertiary/aromatic N) is 1. The van der Waals surface area contributed by atoms with Crippen LogP contribution in [0.4, 0.5) is 9.18 Å². The van der Waals surface area contributed by atoms with Crippen molar-refractivity contribution in [1.29, 1.82) is 0 Å². The van der Waals surface area contributed by atoms with Crippen LogP contribution in [0.2, 0.25) is 0 Å². The van der Waals surface area contributed by atoms with E-state index in [0.717, 1.165) is 22.2 Å². The van der Waals surface area contributed by atoms with Crippen molar-refractivity contribution in [2.75, 3.05) is 13.7 Å². The fraction of sp³-hybridized carbons (Fsp3) is 0.261. The lowest BCUT2D eigenvalue weighted by atomic mass is 10.1. The van der Waals surface area contributed by atoms with E-state index in [-0.39, 0.29) is 23.4 Å². The van der Waals surface area contributed by atoms with Gasteiger partial charge in [0.25, 0.3) is 11.1 Å². The highest BCUT2D eigenvalue weighted by Crippen LogP contribution is 2.34. The van der Waals surface area contributed by atoms with Gasteiger partial charge in [-0.3, -0.25) is 19.3 Å². The summed E-state index contributed by atoms with van der Waals surface area (Å²) in [6, 6.07) is 11.0. The molecule has 0 spiro atoms. The molecule has 2 aromatic rings. The van der Waals surface area contributed by atoms with E-state index in [1.54, 1.807) is 50.3 Å². The molecule has 9 heteroatoms. The van der Waals surface area contributed by atoms with Crippen molar-refractivity contribution in [2.45, 2.75) is 26.6 Å². The maximum Gasteiger partial charge on any atom is 0.326 e. The van der Waals surface area contributed by atoms with Crippen LogP contribution >= 0.6 is 11.8 Å². The van der Waals surface area contributed by atoms with Crippen LogP contribution in [0.1, 0.15) is 25.0 Å². The normalized spacial score (nSPS) is 14.9. The first-order chi connectivity index (χ1) is 15.3. The van der Waals surface area contributed by atoms with Crippen molar-refractivity contribution in [3.8, 4) is 11.5 Å². The van der Waals surface area contributed by atoms with Crippen molar-refractivity contribution < 1.29 is 33.0 Å². The Morgan fingerprint density at radius 1 is 1.12 bits per heavy atom. The molecule has 1 fully saturated rings. The third-order valence-corrected chi connectivity index (χ3v) is 5.23. The lowest BCUT2D eigenvalue weighted by molar-refractivity contribution is -0.149. The molecule has 1 heterocycles. The third-order valence-electron chi connectivity index (χ3n) is 4.32. The van der Waals surface area contributed by atoms with Crippen LogP contribution in [0, 0.1) is 5.82 Å². The Hall–Kier alpha value is -3.33. The largest absolute Gasteiger partial charge is 0.493 e. The average molecular weight is 459 g/mol. The smallest absolute Gasteiger partial charge is 0.326 e. The van der Waals surface area contributed by atoms with Gasteiger partial charge in [0.1, 0.15) is 19.0 Å².